The fraction of sp³-hybridized carbons (Fsp3) is 0.875. The summed E-state index contributed by atoms with van der Waals surface area (Å²) in [5, 5.41) is 18.9. The first-order valence-corrected chi connectivity index (χ1v) is 4.42. The molecule has 0 aromatic heterocycles. The van der Waals surface area contributed by atoms with Crippen LogP contribution in [0.15, 0.2) is 0 Å². The SMILES string of the molecule is O=C(O)NCCCCCOCCO. The molecule has 0 aliphatic rings. The highest BCUT2D eigenvalue weighted by atomic mass is 16.5. The van der Waals surface area contributed by atoms with Crippen LogP contribution in [-0.2, 0) is 4.74 Å². The minimum atomic E-state index is -0.975. The molecule has 3 N–H and O–H groups in total. The lowest BCUT2D eigenvalue weighted by Gasteiger charge is -2.02. The van der Waals surface area contributed by atoms with Crippen LogP contribution in [-0.4, -0.2) is 42.7 Å². The largest absolute Gasteiger partial charge is 0.465 e. The number of ether oxygens (including phenoxy) is 1. The number of amides is 1. The topological polar surface area (TPSA) is 78.8 Å². The third-order valence-corrected chi connectivity index (χ3v) is 1.48. The van der Waals surface area contributed by atoms with E-state index in [0.717, 1.165) is 19.3 Å². The molecular formula is C8H17NO4. The van der Waals surface area contributed by atoms with Gasteiger partial charge in [0.15, 0.2) is 0 Å². The minimum Gasteiger partial charge on any atom is -0.465 e. The second-order valence-corrected chi connectivity index (χ2v) is 2.63. The molecule has 78 valence electrons. The zero-order valence-corrected chi connectivity index (χ0v) is 7.66. The summed E-state index contributed by atoms with van der Waals surface area (Å²) in [4.78, 5) is 10.0. The fourth-order valence-electron chi connectivity index (χ4n) is 0.868. The standard InChI is InChI=1S/C8H17NO4/c10-5-7-13-6-3-1-2-4-9-8(11)12/h9-10H,1-7H2,(H,11,12). The molecule has 0 saturated carbocycles. The number of hydrogen-bond acceptors (Lipinski definition) is 3. The summed E-state index contributed by atoms with van der Waals surface area (Å²) in [6.45, 7) is 1.57. The van der Waals surface area contributed by atoms with Crippen molar-refractivity contribution in [1.82, 2.24) is 5.32 Å². The number of nitrogens with one attached hydrogen (secondary N) is 1. The lowest BCUT2D eigenvalue weighted by molar-refractivity contribution is 0.0896. The van der Waals surface area contributed by atoms with Gasteiger partial charge in [0.05, 0.1) is 13.2 Å². The van der Waals surface area contributed by atoms with Crippen molar-refractivity contribution in [2.75, 3.05) is 26.4 Å². The lowest BCUT2D eigenvalue weighted by atomic mass is 10.2. The predicted octanol–water partition coefficient (Wildman–Crippen LogP) is 0.433. The normalized spacial score (nSPS) is 9.92. The molecule has 0 aromatic carbocycles. The van der Waals surface area contributed by atoms with Crippen LogP contribution in [0.25, 0.3) is 0 Å². The van der Waals surface area contributed by atoms with E-state index >= 15 is 0 Å². The summed E-state index contributed by atoms with van der Waals surface area (Å²) < 4.78 is 5.02. The van der Waals surface area contributed by atoms with Crippen LogP contribution >= 0.6 is 0 Å². The van der Waals surface area contributed by atoms with Gasteiger partial charge in [0.1, 0.15) is 0 Å². The number of hydrogen-bond donors (Lipinski definition) is 3. The molecule has 0 spiro atoms. The van der Waals surface area contributed by atoms with Gasteiger partial charge in [0.2, 0.25) is 0 Å². The summed E-state index contributed by atoms with van der Waals surface area (Å²) >= 11 is 0. The number of carboxylic acid groups (broad SMARTS) is 1. The van der Waals surface area contributed by atoms with Crippen molar-refractivity contribution in [2.45, 2.75) is 19.3 Å². The van der Waals surface area contributed by atoms with Gasteiger partial charge in [-0.05, 0) is 19.3 Å². The maximum absolute atomic E-state index is 10.0. The van der Waals surface area contributed by atoms with Gasteiger partial charge in [-0.25, -0.2) is 4.79 Å². The van der Waals surface area contributed by atoms with E-state index in [1.54, 1.807) is 0 Å². The van der Waals surface area contributed by atoms with E-state index in [2.05, 4.69) is 5.32 Å². The zero-order valence-electron chi connectivity index (χ0n) is 7.66. The molecule has 0 fully saturated rings. The Kier molecular flexibility index (Phi) is 8.70. The minimum absolute atomic E-state index is 0.0561. The summed E-state index contributed by atoms with van der Waals surface area (Å²) in [6, 6.07) is 0. The van der Waals surface area contributed by atoms with Crippen molar-refractivity contribution in [3.8, 4) is 0 Å². The maximum atomic E-state index is 10.0. The Morgan fingerprint density at radius 2 is 2.00 bits per heavy atom. The van der Waals surface area contributed by atoms with Gasteiger partial charge in [-0.3, -0.25) is 0 Å². The van der Waals surface area contributed by atoms with E-state index in [-0.39, 0.29) is 6.61 Å². The number of aliphatic hydroxyl groups excluding tert-OH is 1. The molecule has 0 aliphatic heterocycles. The van der Waals surface area contributed by atoms with Gasteiger partial charge in [-0.2, -0.15) is 0 Å². The van der Waals surface area contributed by atoms with Crippen LogP contribution < -0.4 is 5.32 Å². The fourth-order valence-corrected chi connectivity index (χ4v) is 0.868. The highest BCUT2D eigenvalue weighted by Crippen LogP contribution is 1.94. The number of unbranched alkanes of at least 4 members (excludes halogenated alkanes) is 2. The molecule has 0 aliphatic carbocycles. The van der Waals surface area contributed by atoms with E-state index in [0.29, 0.717) is 19.8 Å². The van der Waals surface area contributed by atoms with Crippen molar-refractivity contribution >= 4 is 6.09 Å². The van der Waals surface area contributed by atoms with Gasteiger partial charge in [0.25, 0.3) is 0 Å². The van der Waals surface area contributed by atoms with Gasteiger partial charge in [0, 0.05) is 13.2 Å². The van der Waals surface area contributed by atoms with E-state index in [9.17, 15) is 4.79 Å². The quantitative estimate of drug-likeness (QED) is 0.486. The van der Waals surface area contributed by atoms with Gasteiger partial charge in [-0.15, -0.1) is 0 Å². The Balaban J connectivity index is 2.87. The van der Waals surface area contributed by atoms with Crippen LogP contribution in [0.4, 0.5) is 4.79 Å². The van der Waals surface area contributed by atoms with Crippen molar-refractivity contribution in [1.29, 1.82) is 0 Å². The van der Waals surface area contributed by atoms with Gasteiger partial charge in [-0.1, -0.05) is 0 Å². The second-order valence-electron chi connectivity index (χ2n) is 2.63. The molecular weight excluding hydrogens is 174 g/mol. The predicted molar refractivity (Wildman–Crippen MR) is 47.8 cm³/mol. The molecule has 0 unspecified atom stereocenters. The van der Waals surface area contributed by atoms with Crippen molar-refractivity contribution < 1.29 is 19.7 Å². The Morgan fingerprint density at radius 3 is 2.62 bits per heavy atom. The number of carbonyl (C=O) groups is 1. The van der Waals surface area contributed by atoms with Crippen molar-refractivity contribution in [2.24, 2.45) is 0 Å². The number of rotatable bonds is 8. The molecule has 0 atom stereocenters. The molecule has 13 heavy (non-hydrogen) atoms. The Hall–Kier alpha value is -0.810. The second kappa shape index (κ2) is 9.28. The van der Waals surface area contributed by atoms with Crippen molar-refractivity contribution in [3.63, 3.8) is 0 Å². The van der Waals surface area contributed by atoms with Crippen LogP contribution in [0.1, 0.15) is 19.3 Å². The first-order valence-electron chi connectivity index (χ1n) is 4.42. The van der Waals surface area contributed by atoms with Crippen molar-refractivity contribution in [3.05, 3.63) is 0 Å². The summed E-state index contributed by atoms with van der Waals surface area (Å²) in [5.41, 5.74) is 0. The molecule has 0 aromatic rings. The first-order chi connectivity index (χ1) is 6.27. The molecule has 5 nitrogen and oxygen atoms in total. The molecule has 0 rings (SSSR count). The van der Waals surface area contributed by atoms with E-state index < -0.39 is 6.09 Å². The molecule has 5 heteroatoms. The number of aliphatic hydroxyl groups is 1. The monoisotopic (exact) mass is 191 g/mol. The maximum Gasteiger partial charge on any atom is 0.404 e. The Labute approximate surface area is 77.7 Å². The third-order valence-electron chi connectivity index (χ3n) is 1.48. The zero-order chi connectivity index (χ0) is 9.94. The lowest BCUT2D eigenvalue weighted by Crippen LogP contribution is -2.21. The molecule has 0 bridgehead atoms. The van der Waals surface area contributed by atoms with E-state index in [4.69, 9.17) is 14.9 Å². The summed E-state index contributed by atoms with van der Waals surface area (Å²) in [7, 11) is 0. The van der Waals surface area contributed by atoms with E-state index in [1.807, 2.05) is 0 Å². The summed E-state index contributed by atoms with van der Waals surface area (Å²) in [5.74, 6) is 0. The highest BCUT2D eigenvalue weighted by Gasteiger charge is 1.93. The van der Waals surface area contributed by atoms with Crippen LogP contribution in [0.3, 0.4) is 0 Å². The molecule has 1 amide bonds. The highest BCUT2D eigenvalue weighted by molar-refractivity contribution is 5.64. The average Bonchev–Trinajstić information content (AvgIpc) is 2.09. The van der Waals surface area contributed by atoms with Crippen LogP contribution in [0, 0.1) is 0 Å². The molecule has 0 heterocycles. The molecule has 0 radical (unpaired) electrons. The first kappa shape index (κ1) is 12.2. The smallest absolute Gasteiger partial charge is 0.404 e. The third kappa shape index (κ3) is 11.2. The van der Waals surface area contributed by atoms with E-state index in [1.165, 1.54) is 0 Å². The summed E-state index contributed by atoms with van der Waals surface area (Å²) in [6.07, 6.45) is 1.69. The molecule has 0 saturated heterocycles. The average molecular weight is 191 g/mol. The van der Waals surface area contributed by atoms with Gasteiger partial charge >= 0.3 is 6.09 Å². The Morgan fingerprint density at radius 1 is 1.23 bits per heavy atom. The van der Waals surface area contributed by atoms with Crippen LogP contribution in [0.5, 0.6) is 0 Å². The van der Waals surface area contributed by atoms with Gasteiger partial charge < -0.3 is 20.3 Å². The Bertz CT molecular complexity index is 129. The van der Waals surface area contributed by atoms with Crippen LogP contribution in [0.2, 0.25) is 0 Å².